The van der Waals surface area contributed by atoms with Crippen molar-refractivity contribution in [3.63, 3.8) is 0 Å². The molecule has 3 aromatic heterocycles. The van der Waals surface area contributed by atoms with E-state index in [-0.39, 0.29) is 18.0 Å². The molecule has 1 aliphatic rings. The van der Waals surface area contributed by atoms with Crippen molar-refractivity contribution in [1.82, 2.24) is 29.6 Å². The molecule has 4 aromatic rings. The number of amides is 1. The fourth-order valence-electron chi connectivity index (χ4n) is 5.25. The number of anilines is 2. The highest BCUT2D eigenvalue weighted by Crippen LogP contribution is 2.35. The third-order valence-corrected chi connectivity index (χ3v) is 7.51. The average Bonchev–Trinajstić information content (AvgIpc) is 3.63. The van der Waals surface area contributed by atoms with Crippen LogP contribution in [0.1, 0.15) is 32.2 Å². The van der Waals surface area contributed by atoms with Crippen LogP contribution in [0, 0.1) is 0 Å². The van der Waals surface area contributed by atoms with Gasteiger partial charge in [0.2, 0.25) is 5.91 Å². The van der Waals surface area contributed by atoms with Crippen LogP contribution in [-0.2, 0) is 28.5 Å². The number of oxazole rings is 1. The van der Waals surface area contributed by atoms with Crippen LogP contribution >= 0.6 is 0 Å². The van der Waals surface area contributed by atoms with Crippen molar-refractivity contribution in [2.45, 2.75) is 32.2 Å². The summed E-state index contributed by atoms with van der Waals surface area (Å²) in [5.41, 5.74) is 15.4. The maximum absolute atomic E-state index is 12.8. The third kappa shape index (κ3) is 8.64. The van der Waals surface area contributed by atoms with E-state index in [2.05, 4.69) is 15.0 Å². The Morgan fingerprint density at radius 2 is 1.56 bits per heavy atom. The van der Waals surface area contributed by atoms with Crippen molar-refractivity contribution in [2.24, 2.45) is 0 Å². The summed E-state index contributed by atoms with van der Waals surface area (Å²) in [4.78, 5) is 27.7. The highest BCUT2D eigenvalue weighted by Gasteiger charge is 2.28. The number of carbonyl (C=O) groups excluding carboxylic acids is 1. The third-order valence-electron chi connectivity index (χ3n) is 7.51. The Kier molecular flexibility index (Phi) is 11.9. The number of nitrogens with zero attached hydrogens (tertiary/aromatic N) is 6. The van der Waals surface area contributed by atoms with Gasteiger partial charge in [0.05, 0.1) is 77.3 Å². The lowest BCUT2D eigenvalue weighted by Crippen LogP contribution is -2.39. The molecule has 0 atom stereocenters. The normalized spacial score (nSPS) is 14.2. The summed E-state index contributed by atoms with van der Waals surface area (Å²) in [6.45, 7) is 8.30. The van der Waals surface area contributed by atoms with Gasteiger partial charge in [0.1, 0.15) is 23.4 Å². The van der Waals surface area contributed by atoms with Crippen LogP contribution in [0.4, 0.5) is 11.8 Å². The van der Waals surface area contributed by atoms with Crippen LogP contribution < -0.4 is 11.5 Å². The Bertz CT molecular complexity index is 1520. The molecule has 15 heteroatoms. The van der Waals surface area contributed by atoms with E-state index in [1.165, 1.54) is 6.33 Å². The summed E-state index contributed by atoms with van der Waals surface area (Å²) < 4.78 is 34.5. The van der Waals surface area contributed by atoms with E-state index in [1.54, 1.807) is 6.07 Å². The topological polar surface area (TPSA) is 188 Å². The zero-order chi connectivity index (χ0) is 31.4. The molecule has 1 aromatic carbocycles. The number of likely N-dealkylation sites (tertiary alicyclic amines) is 1. The van der Waals surface area contributed by atoms with Gasteiger partial charge >= 0.3 is 0 Å². The van der Waals surface area contributed by atoms with Gasteiger partial charge in [-0.2, -0.15) is 10.1 Å². The SMILES string of the molecule is CCOCCOCCOCCOCCOCCC(=O)N1CCC(n2nc(-c3ccc4oc(N)nc4c3)c3c(N)ncnc32)CC1. The first-order chi connectivity index (χ1) is 22.0. The van der Waals surface area contributed by atoms with Gasteiger partial charge in [0.15, 0.2) is 11.2 Å². The number of nitrogen functional groups attached to an aromatic ring is 2. The molecule has 0 bridgehead atoms. The van der Waals surface area contributed by atoms with Crippen LogP contribution in [0.15, 0.2) is 28.9 Å². The number of benzene rings is 1. The fraction of sp³-hybridized carbons (Fsp3) is 0.567. The van der Waals surface area contributed by atoms with Crippen LogP contribution in [0.2, 0.25) is 0 Å². The predicted molar refractivity (Wildman–Crippen MR) is 166 cm³/mol. The zero-order valence-corrected chi connectivity index (χ0v) is 25.7. The smallest absolute Gasteiger partial charge is 0.292 e. The number of aromatic nitrogens is 5. The van der Waals surface area contributed by atoms with Gasteiger partial charge < -0.3 is 44.5 Å². The molecular weight excluding hydrogens is 584 g/mol. The van der Waals surface area contributed by atoms with Crippen LogP contribution in [0.3, 0.4) is 0 Å². The first-order valence-corrected chi connectivity index (χ1v) is 15.4. The Morgan fingerprint density at radius 1 is 0.911 bits per heavy atom. The van der Waals surface area contributed by atoms with Gasteiger partial charge in [-0.3, -0.25) is 4.79 Å². The lowest BCUT2D eigenvalue weighted by Gasteiger charge is -2.32. The molecule has 0 saturated carbocycles. The van der Waals surface area contributed by atoms with Gasteiger partial charge in [-0.1, -0.05) is 0 Å². The minimum atomic E-state index is 0.0522. The lowest BCUT2D eigenvalue weighted by molar-refractivity contribution is -0.133. The summed E-state index contributed by atoms with van der Waals surface area (Å²) in [6, 6.07) is 5.71. The second-order valence-electron chi connectivity index (χ2n) is 10.5. The quantitative estimate of drug-likeness (QED) is 0.153. The van der Waals surface area contributed by atoms with E-state index in [0.29, 0.717) is 119 Å². The molecule has 4 N–H and O–H groups in total. The molecule has 244 valence electrons. The standard InChI is InChI=1S/C30H42N8O7/c1-2-40-11-12-42-15-16-44-18-17-43-14-13-41-10-7-25(39)37-8-5-22(6-9-37)38-29-26(28(31)33-20-34-29)27(36-38)21-3-4-24-23(19-21)35-30(32)45-24/h3-4,19-20,22H,2,5-18H2,1H3,(H2,32,35)(H2,31,33,34). The summed E-state index contributed by atoms with van der Waals surface area (Å²) in [6.07, 6.45) is 3.24. The maximum atomic E-state index is 12.8. The molecule has 1 aliphatic heterocycles. The molecule has 0 spiro atoms. The van der Waals surface area contributed by atoms with Gasteiger partial charge in [-0.15, -0.1) is 0 Å². The molecule has 0 radical (unpaired) electrons. The van der Waals surface area contributed by atoms with E-state index < -0.39 is 0 Å². The number of fused-ring (bicyclic) bond motifs is 2. The largest absolute Gasteiger partial charge is 0.424 e. The summed E-state index contributed by atoms with van der Waals surface area (Å²) >= 11 is 0. The average molecular weight is 627 g/mol. The number of carbonyl (C=O) groups is 1. The van der Waals surface area contributed by atoms with E-state index in [4.69, 9.17) is 44.7 Å². The highest BCUT2D eigenvalue weighted by molar-refractivity contribution is 5.99. The first-order valence-electron chi connectivity index (χ1n) is 15.4. The van der Waals surface area contributed by atoms with Crippen LogP contribution in [0.25, 0.3) is 33.4 Å². The molecule has 0 aliphatic carbocycles. The van der Waals surface area contributed by atoms with Crippen molar-refractivity contribution in [3.8, 4) is 11.3 Å². The molecule has 4 heterocycles. The second kappa shape index (κ2) is 16.4. The van der Waals surface area contributed by atoms with Crippen molar-refractivity contribution < 1.29 is 32.9 Å². The van der Waals surface area contributed by atoms with Gasteiger partial charge in [-0.25, -0.2) is 14.6 Å². The second-order valence-corrected chi connectivity index (χ2v) is 10.5. The Morgan fingerprint density at radius 3 is 2.22 bits per heavy atom. The molecular formula is C30H42N8O7. The van der Waals surface area contributed by atoms with Gasteiger partial charge in [0.25, 0.3) is 6.01 Å². The molecule has 1 saturated heterocycles. The lowest BCUT2D eigenvalue weighted by atomic mass is 10.0. The fourth-order valence-corrected chi connectivity index (χ4v) is 5.25. The van der Waals surface area contributed by atoms with Crippen LogP contribution in [-0.4, -0.2) is 115 Å². The molecule has 15 nitrogen and oxygen atoms in total. The molecule has 1 fully saturated rings. The Labute approximate surface area is 261 Å². The molecule has 45 heavy (non-hydrogen) atoms. The number of hydrogen-bond donors (Lipinski definition) is 2. The molecule has 0 unspecified atom stereocenters. The minimum absolute atomic E-state index is 0.0522. The monoisotopic (exact) mass is 626 g/mol. The Balaban J connectivity index is 1.02. The number of piperidine rings is 1. The molecule has 5 rings (SSSR count). The summed E-state index contributed by atoms with van der Waals surface area (Å²) in [7, 11) is 0. The van der Waals surface area contributed by atoms with Gasteiger partial charge in [-0.05, 0) is 38.0 Å². The summed E-state index contributed by atoms with van der Waals surface area (Å²) in [5, 5.41) is 5.62. The van der Waals surface area contributed by atoms with E-state index in [1.807, 2.05) is 28.6 Å². The zero-order valence-electron chi connectivity index (χ0n) is 25.7. The maximum Gasteiger partial charge on any atom is 0.292 e. The first kappa shape index (κ1) is 32.5. The Hall–Kier alpha value is -3.89. The number of hydrogen-bond acceptors (Lipinski definition) is 13. The number of rotatable bonds is 18. The summed E-state index contributed by atoms with van der Waals surface area (Å²) in [5.74, 6) is 0.422. The number of ether oxygens (including phenoxy) is 5. The minimum Gasteiger partial charge on any atom is -0.424 e. The van der Waals surface area contributed by atoms with E-state index >= 15 is 0 Å². The highest BCUT2D eigenvalue weighted by atomic mass is 16.6. The predicted octanol–water partition coefficient (Wildman–Crippen LogP) is 2.46. The van der Waals surface area contributed by atoms with Crippen molar-refractivity contribution in [2.75, 3.05) is 90.6 Å². The van der Waals surface area contributed by atoms with Crippen molar-refractivity contribution in [3.05, 3.63) is 24.5 Å². The number of nitrogens with two attached hydrogens (primary N) is 2. The van der Waals surface area contributed by atoms with Crippen molar-refractivity contribution in [1.29, 1.82) is 0 Å². The van der Waals surface area contributed by atoms with Crippen LogP contribution in [0.5, 0.6) is 0 Å². The van der Waals surface area contributed by atoms with E-state index in [9.17, 15) is 4.79 Å². The van der Waals surface area contributed by atoms with Gasteiger partial charge in [0, 0.05) is 25.3 Å². The van der Waals surface area contributed by atoms with E-state index in [0.717, 1.165) is 18.4 Å². The molecule has 1 amide bonds. The van der Waals surface area contributed by atoms with Crippen molar-refractivity contribution >= 4 is 39.9 Å².